The van der Waals surface area contributed by atoms with E-state index < -0.39 is 35.4 Å². The highest BCUT2D eigenvalue weighted by atomic mass is 19.2. The van der Waals surface area contributed by atoms with Gasteiger partial charge in [-0.15, -0.1) is 0 Å². The molecule has 36 heavy (non-hydrogen) atoms. The number of hydrogen-bond acceptors (Lipinski definition) is 4. The highest BCUT2D eigenvalue weighted by Crippen LogP contribution is 2.46. The Balaban J connectivity index is 1.22. The van der Waals surface area contributed by atoms with Crippen LogP contribution in [0, 0.1) is 18.6 Å². The van der Waals surface area contributed by atoms with Gasteiger partial charge in [-0.3, -0.25) is 4.90 Å². The summed E-state index contributed by atoms with van der Waals surface area (Å²) in [6, 6.07) is 17.9. The third kappa shape index (κ3) is 3.61. The molecule has 0 radical (unpaired) electrons. The number of ether oxygens (including phenoxy) is 2. The van der Waals surface area contributed by atoms with Crippen LogP contribution >= 0.6 is 0 Å². The van der Waals surface area contributed by atoms with Gasteiger partial charge in [0.1, 0.15) is 6.61 Å². The lowest BCUT2D eigenvalue weighted by Gasteiger charge is -2.51. The maximum absolute atomic E-state index is 14.3. The van der Waals surface area contributed by atoms with Crippen molar-refractivity contribution in [2.24, 2.45) is 0 Å². The second-order valence-electron chi connectivity index (χ2n) is 10.0. The Bertz CT molecular complexity index is 1280. The van der Waals surface area contributed by atoms with Crippen molar-refractivity contribution in [3.8, 4) is 11.1 Å². The number of piperidine rings is 1. The van der Waals surface area contributed by atoms with Crippen LogP contribution in [0.1, 0.15) is 41.0 Å². The lowest BCUT2D eigenvalue weighted by Crippen LogP contribution is -2.62. The molecular formula is C29H27F2NO4. The summed E-state index contributed by atoms with van der Waals surface area (Å²) in [7, 11) is 0. The molecule has 7 heteroatoms. The Hall–Kier alpha value is -3.29. The first kappa shape index (κ1) is 23.1. The van der Waals surface area contributed by atoms with E-state index in [0.717, 1.165) is 28.3 Å². The molecule has 0 saturated carbocycles. The molecule has 3 aromatic rings. The van der Waals surface area contributed by atoms with Gasteiger partial charge in [-0.1, -0.05) is 54.6 Å². The number of halogens is 2. The van der Waals surface area contributed by atoms with Crippen LogP contribution in [-0.4, -0.2) is 48.0 Å². The van der Waals surface area contributed by atoms with Crippen LogP contribution < -0.4 is 0 Å². The molecule has 3 aliphatic rings. The minimum absolute atomic E-state index is 0.0518. The smallest absolute Gasteiger partial charge is 0.410 e. The fraction of sp³-hybridized carbons (Fsp3) is 0.345. The molecular weight excluding hydrogens is 464 g/mol. The first-order chi connectivity index (χ1) is 17.4. The van der Waals surface area contributed by atoms with Crippen LogP contribution in [0.2, 0.25) is 0 Å². The number of amides is 1. The summed E-state index contributed by atoms with van der Waals surface area (Å²) < 4.78 is 39.6. The maximum atomic E-state index is 14.3. The normalized spacial score (nSPS) is 24.8. The van der Waals surface area contributed by atoms with Crippen molar-refractivity contribution in [2.45, 2.75) is 43.4 Å². The van der Waals surface area contributed by atoms with Gasteiger partial charge in [-0.25, -0.2) is 13.6 Å². The minimum atomic E-state index is -1.39. The molecule has 2 unspecified atom stereocenters. The first-order valence-corrected chi connectivity index (χ1v) is 12.3. The Labute approximate surface area is 208 Å². The number of aliphatic hydroxyl groups is 1. The molecule has 6 rings (SSSR count). The zero-order valence-corrected chi connectivity index (χ0v) is 19.9. The van der Waals surface area contributed by atoms with Gasteiger partial charge in [0, 0.05) is 18.8 Å². The van der Waals surface area contributed by atoms with Crippen molar-refractivity contribution in [1.82, 2.24) is 4.90 Å². The molecule has 2 atom stereocenters. The topological polar surface area (TPSA) is 59.0 Å². The van der Waals surface area contributed by atoms with Crippen LogP contribution in [0.15, 0.2) is 60.7 Å². The van der Waals surface area contributed by atoms with Gasteiger partial charge in [-0.05, 0) is 46.4 Å². The molecule has 2 heterocycles. The van der Waals surface area contributed by atoms with Crippen molar-refractivity contribution < 1.29 is 28.2 Å². The highest BCUT2D eigenvalue weighted by molar-refractivity contribution is 5.79. The monoisotopic (exact) mass is 491 g/mol. The van der Waals surface area contributed by atoms with Gasteiger partial charge in [0.2, 0.25) is 0 Å². The van der Waals surface area contributed by atoms with Crippen LogP contribution in [0.5, 0.6) is 0 Å². The van der Waals surface area contributed by atoms with Gasteiger partial charge in [0.05, 0.1) is 30.9 Å². The number of nitrogens with zero attached hydrogens (tertiary/aromatic N) is 1. The Morgan fingerprint density at radius 3 is 2.19 bits per heavy atom. The largest absolute Gasteiger partial charge is 0.448 e. The quantitative estimate of drug-likeness (QED) is 0.542. The van der Waals surface area contributed by atoms with Crippen molar-refractivity contribution in [3.05, 3.63) is 94.6 Å². The van der Waals surface area contributed by atoms with E-state index in [0.29, 0.717) is 5.56 Å². The SMILES string of the molecule is Cc1c(C2(O)CC3COCC(C2)N3C(=O)OCC2c3ccccc3-c3ccccc32)ccc(F)c1F. The zero-order chi connectivity index (χ0) is 25.0. The molecule has 2 saturated heterocycles. The molecule has 2 bridgehead atoms. The summed E-state index contributed by atoms with van der Waals surface area (Å²) in [6.07, 6.45) is -0.140. The minimum Gasteiger partial charge on any atom is -0.448 e. The van der Waals surface area contributed by atoms with Crippen molar-refractivity contribution >= 4 is 6.09 Å². The third-order valence-electron chi connectivity index (χ3n) is 7.94. The molecule has 5 nitrogen and oxygen atoms in total. The number of fused-ring (bicyclic) bond motifs is 5. The number of hydrogen-bond donors (Lipinski definition) is 1. The second-order valence-corrected chi connectivity index (χ2v) is 10.0. The third-order valence-corrected chi connectivity index (χ3v) is 7.94. The standard InChI is InChI=1S/C29H27F2NO4/c1-17-25(10-11-26(30)27(17)31)29(34)12-18-14-35-15-19(13-29)32(18)28(33)36-16-24-22-8-4-2-6-20(22)21-7-3-5-9-23(21)24/h2-11,18-19,24,34H,12-16H2,1H3. The zero-order valence-electron chi connectivity index (χ0n) is 19.9. The molecule has 1 aliphatic carbocycles. The van der Waals surface area contributed by atoms with E-state index in [1.54, 1.807) is 4.90 Å². The Kier molecular flexibility index (Phi) is 5.57. The van der Waals surface area contributed by atoms with Crippen molar-refractivity contribution in [3.63, 3.8) is 0 Å². The van der Waals surface area contributed by atoms with Crippen LogP contribution in [0.4, 0.5) is 13.6 Å². The summed E-state index contributed by atoms with van der Waals surface area (Å²) in [5.41, 5.74) is 3.64. The van der Waals surface area contributed by atoms with E-state index in [4.69, 9.17) is 9.47 Å². The molecule has 1 amide bonds. The fourth-order valence-corrected chi connectivity index (χ4v) is 6.32. The van der Waals surface area contributed by atoms with E-state index in [2.05, 4.69) is 24.3 Å². The number of morpholine rings is 1. The molecule has 2 fully saturated rings. The summed E-state index contributed by atoms with van der Waals surface area (Å²) >= 11 is 0. The van der Waals surface area contributed by atoms with Gasteiger partial charge in [0.15, 0.2) is 11.6 Å². The lowest BCUT2D eigenvalue weighted by atomic mass is 9.75. The molecule has 1 N–H and O–H groups in total. The van der Waals surface area contributed by atoms with Crippen molar-refractivity contribution in [1.29, 1.82) is 0 Å². The van der Waals surface area contributed by atoms with E-state index in [9.17, 15) is 18.7 Å². The van der Waals surface area contributed by atoms with Gasteiger partial charge in [-0.2, -0.15) is 0 Å². The molecule has 186 valence electrons. The van der Waals surface area contributed by atoms with E-state index >= 15 is 0 Å². The summed E-state index contributed by atoms with van der Waals surface area (Å²) in [5, 5.41) is 11.5. The van der Waals surface area contributed by atoms with Crippen LogP contribution in [0.25, 0.3) is 11.1 Å². The molecule has 0 aromatic heterocycles. The fourth-order valence-electron chi connectivity index (χ4n) is 6.32. The highest BCUT2D eigenvalue weighted by Gasteiger charge is 2.50. The summed E-state index contributed by atoms with van der Waals surface area (Å²) in [5.74, 6) is -1.95. The summed E-state index contributed by atoms with van der Waals surface area (Å²) in [4.78, 5) is 15.0. The Morgan fingerprint density at radius 2 is 1.58 bits per heavy atom. The van der Waals surface area contributed by atoms with Gasteiger partial charge >= 0.3 is 6.09 Å². The molecule has 0 spiro atoms. The average Bonchev–Trinajstić information content (AvgIpc) is 3.19. The van der Waals surface area contributed by atoms with E-state index in [-0.39, 0.29) is 44.1 Å². The first-order valence-electron chi connectivity index (χ1n) is 12.3. The second kappa shape index (κ2) is 8.68. The van der Waals surface area contributed by atoms with Crippen molar-refractivity contribution in [2.75, 3.05) is 19.8 Å². The Morgan fingerprint density at radius 1 is 1.00 bits per heavy atom. The van der Waals surface area contributed by atoms with Gasteiger partial charge in [0.25, 0.3) is 0 Å². The number of rotatable bonds is 3. The molecule has 3 aromatic carbocycles. The number of carbonyl (C=O) groups is 1. The molecule has 2 aliphatic heterocycles. The predicted octanol–water partition coefficient (Wildman–Crippen LogP) is 5.27. The predicted molar refractivity (Wildman–Crippen MR) is 130 cm³/mol. The van der Waals surface area contributed by atoms with E-state index in [1.165, 1.54) is 13.0 Å². The van der Waals surface area contributed by atoms with Crippen LogP contribution in [0.3, 0.4) is 0 Å². The maximum Gasteiger partial charge on any atom is 0.410 e. The number of carbonyl (C=O) groups excluding carboxylic acids is 1. The van der Waals surface area contributed by atoms with E-state index in [1.807, 2.05) is 24.3 Å². The number of benzene rings is 3. The summed E-state index contributed by atoms with van der Waals surface area (Å²) in [6.45, 7) is 2.16. The van der Waals surface area contributed by atoms with Gasteiger partial charge < -0.3 is 14.6 Å². The lowest BCUT2D eigenvalue weighted by molar-refractivity contribution is -0.136. The average molecular weight is 492 g/mol. The van der Waals surface area contributed by atoms with Crippen LogP contribution in [-0.2, 0) is 15.1 Å².